The first-order chi connectivity index (χ1) is 14.5. The van der Waals surface area contributed by atoms with E-state index in [9.17, 15) is 14.4 Å². The first-order valence-electron chi connectivity index (χ1n) is 10.0. The normalized spacial score (nSPS) is 17.4. The van der Waals surface area contributed by atoms with Crippen LogP contribution < -0.4 is 16.0 Å². The van der Waals surface area contributed by atoms with E-state index in [4.69, 9.17) is 0 Å². The number of hydrogen-bond donors (Lipinski definition) is 3. The van der Waals surface area contributed by atoms with Crippen molar-refractivity contribution in [2.24, 2.45) is 0 Å². The van der Waals surface area contributed by atoms with Crippen molar-refractivity contribution in [2.75, 3.05) is 18.4 Å². The molecule has 5 amide bonds. The van der Waals surface area contributed by atoms with Gasteiger partial charge >= 0.3 is 12.1 Å². The summed E-state index contributed by atoms with van der Waals surface area (Å²) >= 11 is 0. The predicted octanol–water partition coefficient (Wildman–Crippen LogP) is 1.35. The number of rotatable bonds is 6. The van der Waals surface area contributed by atoms with Gasteiger partial charge in [-0.3, -0.25) is 9.69 Å². The molecule has 2 fully saturated rings. The highest BCUT2D eigenvalue weighted by atomic mass is 16.2. The minimum Gasteiger partial charge on any atom is -0.338 e. The zero-order chi connectivity index (χ0) is 21.1. The van der Waals surface area contributed by atoms with E-state index in [0.717, 1.165) is 24.1 Å². The standard InChI is InChI=1S/C19H24N8O3/c1-13-5-6-14(27-12-21-24-25-27)11-15(13)22-17(29)20-9-4-10-26-16(28)19(23-18(26)30)7-2-3-8-19/h5-6,11-12H,2-4,7-10H2,1H3,(H,23,30)(H2,20,22,29). The van der Waals surface area contributed by atoms with E-state index in [2.05, 4.69) is 31.5 Å². The summed E-state index contributed by atoms with van der Waals surface area (Å²) in [6.07, 6.45) is 5.27. The van der Waals surface area contributed by atoms with Crippen LogP contribution in [0.15, 0.2) is 24.5 Å². The van der Waals surface area contributed by atoms with E-state index in [-0.39, 0.29) is 24.5 Å². The van der Waals surface area contributed by atoms with Crippen molar-refractivity contribution < 1.29 is 14.4 Å². The minimum atomic E-state index is -0.690. The Morgan fingerprint density at radius 1 is 1.27 bits per heavy atom. The Kier molecular flexibility index (Phi) is 5.34. The van der Waals surface area contributed by atoms with Crippen LogP contribution in [0.3, 0.4) is 0 Å². The monoisotopic (exact) mass is 412 g/mol. The van der Waals surface area contributed by atoms with Crippen molar-refractivity contribution in [3.63, 3.8) is 0 Å². The molecule has 3 N–H and O–H groups in total. The SMILES string of the molecule is Cc1ccc(-n2cnnn2)cc1NC(=O)NCCCN1C(=O)NC2(CCCC2)C1=O. The number of aryl methyl sites for hydroxylation is 1. The van der Waals surface area contributed by atoms with E-state index in [1.165, 1.54) is 15.9 Å². The molecular weight excluding hydrogens is 388 g/mol. The van der Waals surface area contributed by atoms with E-state index >= 15 is 0 Å². The Morgan fingerprint density at radius 3 is 2.80 bits per heavy atom. The van der Waals surface area contributed by atoms with Crippen molar-refractivity contribution in [2.45, 2.75) is 44.6 Å². The molecule has 2 heterocycles. The van der Waals surface area contributed by atoms with Crippen LogP contribution >= 0.6 is 0 Å². The summed E-state index contributed by atoms with van der Waals surface area (Å²) in [5.74, 6) is -0.135. The van der Waals surface area contributed by atoms with Crippen LogP contribution in [0.5, 0.6) is 0 Å². The van der Waals surface area contributed by atoms with Gasteiger partial charge in [-0.25, -0.2) is 14.3 Å². The van der Waals surface area contributed by atoms with Gasteiger partial charge in [-0.2, -0.15) is 0 Å². The van der Waals surface area contributed by atoms with Crippen LogP contribution in [0, 0.1) is 6.92 Å². The highest BCUT2D eigenvalue weighted by Crippen LogP contribution is 2.34. The molecule has 4 rings (SSSR count). The smallest absolute Gasteiger partial charge is 0.325 e. The number of urea groups is 2. The zero-order valence-corrected chi connectivity index (χ0v) is 16.7. The molecule has 1 spiro atoms. The van der Waals surface area contributed by atoms with Crippen molar-refractivity contribution >= 4 is 23.7 Å². The number of aromatic nitrogens is 4. The zero-order valence-electron chi connectivity index (χ0n) is 16.7. The Hall–Kier alpha value is -3.50. The summed E-state index contributed by atoms with van der Waals surface area (Å²) in [7, 11) is 0. The molecule has 1 aliphatic carbocycles. The Labute approximate surface area is 173 Å². The van der Waals surface area contributed by atoms with Crippen molar-refractivity contribution in [1.82, 2.24) is 35.7 Å². The molecule has 11 heteroatoms. The molecule has 0 bridgehead atoms. The van der Waals surface area contributed by atoms with Gasteiger partial charge < -0.3 is 16.0 Å². The lowest BCUT2D eigenvalue weighted by Gasteiger charge is -2.20. The minimum absolute atomic E-state index is 0.135. The van der Waals surface area contributed by atoms with Crippen molar-refractivity contribution in [3.05, 3.63) is 30.1 Å². The summed E-state index contributed by atoms with van der Waals surface area (Å²) in [5.41, 5.74) is 1.56. The quantitative estimate of drug-likeness (QED) is 0.484. The molecule has 158 valence electrons. The second-order valence-electron chi connectivity index (χ2n) is 7.66. The van der Waals surface area contributed by atoms with Crippen LogP contribution in [0.4, 0.5) is 15.3 Å². The maximum atomic E-state index is 12.6. The van der Waals surface area contributed by atoms with Gasteiger partial charge in [0.25, 0.3) is 5.91 Å². The van der Waals surface area contributed by atoms with Crippen LogP contribution in [0.25, 0.3) is 5.69 Å². The lowest BCUT2D eigenvalue weighted by Crippen LogP contribution is -2.44. The Balaban J connectivity index is 1.26. The van der Waals surface area contributed by atoms with Gasteiger partial charge in [-0.1, -0.05) is 18.9 Å². The van der Waals surface area contributed by atoms with Gasteiger partial charge in [0.2, 0.25) is 0 Å². The number of nitrogens with zero attached hydrogens (tertiary/aromatic N) is 5. The molecule has 30 heavy (non-hydrogen) atoms. The topological polar surface area (TPSA) is 134 Å². The summed E-state index contributed by atoms with van der Waals surface area (Å²) < 4.78 is 1.50. The van der Waals surface area contributed by atoms with E-state index < -0.39 is 5.54 Å². The maximum absolute atomic E-state index is 12.6. The third kappa shape index (κ3) is 3.82. The molecule has 1 aliphatic heterocycles. The predicted molar refractivity (Wildman–Crippen MR) is 107 cm³/mol. The van der Waals surface area contributed by atoms with E-state index in [0.29, 0.717) is 31.5 Å². The first-order valence-corrected chi connectivity index (χ1v) is 10.0. The van der Waals surface area contributed by atoms with Gasteiger partial charge in [0.1, 0.15) is 11.9 Å². The largest absolute Gasteiger partial charge is 0.338 e. The van der Waals surface area contributed by atoms with Gasteiger partial charge in [0.15, 0.2) is 0 Å². The fourth-order valence-corrected chi connectivity index (χ4v) is 3.97. The van der Waals surface area contributed by atoms with E-state index in [1.54, 1.807) is 6.07 Å². The maximum Gasteiger partial charge on any atom is 0.325 e. The number of amides is 5. The number of hydrogen-bond acceptors (Lipinski definition) is 6. The van der Waals surface area contributed by atoms with Crippen LogP contribution in [0.1, 0.15) is 37.7 Å². The average molecular weight is 412 g/mol. The summed E-state index contributed by atoms with van der Waals surface area (Å²) in [6, 6.07) is 4.80. The summed E-state index contributed by atoms with van der Waals surface area (Å²) in [4.78, 5) is 38.3. The van der Waals surface area contributed by atoms with Crippen molar-refractivity contribution in [1.29, 1.82) is 0 Å². The van der Waals surface area contributed by atoms with Gasteiger partial charge in [-0.05, 0) is 54.3 Å². The molecule has 1 aromatic heterocycles. The molecule has 1 saturated carbocycles. The second-order valence-corrected chi connectivity index (χ2v) is 7.66. The molecule has 2 aliphatic rings. The number of imide groups is 1. The lowest BCUT2D eigenvalue weighted by atomic mass is 9.98. The number of nitrogens with one attached hydrogen (secondary N) is 3. The summed E-state index contributed by atoms with van der Waals surface area (Å²) in [6.45, 7) is 2.50. The lowest BCUT2D eigenvalue weighted by molar-refractivity contribution is -0.131. The molecule has 1 aromatic carbocycles. The third-order valence-electron chi connectivity index (χ3n) is 5.63. The fraction of sp³-hybridized carbons (Fsp3) is 0.474. The molecule has 2 aromatic rings. The molecule has 11 nitrogen and oxygen atoms in total. The van der Waals surface area contributed by atoms with E-state index in [1.807, 2.05) is 19.1 Å². The molecule has 1 saturated heterocycles. The Bertz CT molecular complexity index is 953. The highest BCUT2D eigenvalue weighted by Gasteiger charge is 2.51. The molecule has 0 atom stereocenters. The van der Waals surface area contributed by atoms with Gasteiger partial charge in [0, 0.05) is 18.8 Å². The Morgan fingerprint density at radius 2 is 2.07 bits per heavy atom. The first kappa shape index (κ1) is 19.8. The third-order valence-corrected chi connectivity index (χ3v) is 5.63. The fourth-order valence-electron chi connectivity index (χ4n) is 3.97. The van der Waals surface area contributed by atoms with Crippen LogP contribution in [-0.2, 0) is 4.79 Å². The molecule has 0 unspecified atom stereocenters. The van der Waals surface area contributed by atoms with Crippen molar-refractivity contribution in [3.8, 4) is 5.69 Å². The number of anilines is 1. The summed E-state index contributed by atoms with van der Waals surface area (Å²) in [5, 5.41) is 19.5. The number of carbonyl (C=O) groups excluding carboxylic acids is 3. The second kappa shape index (κ2) is 8.09. The highest BCUT2D eigenvalue weighted by molar-refractivity contribution is 6.07. The van der Waals surface area contributed by atoms with Crippen LogP contribution in [0.2, 0.25) is 0 Å². The van der Waals surface area contributed by atoms with Crippen LogP contribution in [-0.4, -0.2) is 61.7 Å². The number of tetrazole rings is 1. The average Bonchev–Trinajstić information content (AvgIpc) is 3.45. The van der Waals surface area contributed by atoms with Gasteiger partial charge in [-0.15, -0.1) is 5.10 Å². The molecule has 0 radical (unpaired) electrons. The number of carbonyl (C=O) groups is 3. The number of benzene rings is 1. The molecular formula is C19H24N8O3. The van der Waals surface area contributed by atoms with Gasteiger partial charge in [0.05, 0.1) is 5.69 Å².